The maximum absolute atomic E-state index is 3.48. The average molecular weight is 270 g/mol. The van der Waals surface area contributed by atoms with Crippen molar-refractivity contribution in [2.45, 2.75) is 52.6 Å². The summed E-state index contributed by atoms with van der Waals surface area (Å²) in [5.74, 6) is 0. The van der Waals surface area contributed by atoms with Gasteiger partial charge in [0.05, 0.1) is 0 Å². The van der Waals surface area contributed by atoms with Crippen LogP contribution in [0.3, 0.4) is 0 Å². The van der Waals surface area contributed by atoms with Gasteiger partial charge in [0.1, 0.15) is 0 Å². The lowest BCUT2D eigenvalue weighted by atomic mass is 9.87. The van der Waals surface area contributed by atoms with Crippen molar-refractivity contribution < 1.29 is 0 Å². The lowest BCUT2D eigenvalue weighted by Gasteiger charge is -2.19. The minimum atomic E-state index is 0.218. The van der Waals surface area contributed by atoms with Crippen LogP contribution in [0.25, 0.3) is 0 Å². The van der Waals surface area contributed by atoms with E-state index in [1.807, 2.05) is 0 Å². The molecule has 0 spiro atoms. The molecule has 0 fully saturated rings. The highest BCUT2D eigenvalue weighted by Gasteiger charge is 2.12. The monoisotopic (exact) mass is 270 g/mol. The van der Waals surface area contributed by atoms with Crippen molar-refractivity contribution in [1.29, 1.82) is 0 Å². The molecule has 0 radical (unpaired) electrons. The van der Waals surface area contributed by atoms with Crippen LogP contribution in [0.15, 0.2) is 42.7 Å². The van der Waals surface area contributed by atoms with Crippen molar-refractivity contribution in [3.05, 3.63) is 53.9 Å². The molecule has 2 heteroatoms. The first-order chi connectivity index (χ1) is 9.49. The molecule has 0 unspecified atom stereocenters. The Balaban J connectivity index is 1.93. The van der Waals surface area contributed by atoms with Gasteiger partial charge in [-0.25, -0.2) is 0 Å². The van der Waals surface area contributed by atoms with Crippen molar-refractivity contribution in [3.8, 4) is 0 Å². The highest BCUT2D eigenvalue weighted by molar-refractivity contribution is 5.46. The number of aromatic nitrogens is 1. The zero-order valence-corrected chi connectivity index (χ0v) is 13.1. The molecule has 0 saturated heterocycles. The van der Waals surface area contributed by atoms with Crippen LogP contribution in [0.5, 0.6) is 0 Å². The Morgan fingerprint density at radius 2 is 1.75 bits per heavy atom. The van der Waals surface area contributed by atoms with Gasteiger partial charge < -0.3 is 9.88 Å². The molecule has 2 nitrogen and oxygen atoms in total. The molecule has 0 aliphatic carbocycles. The Morgan fingerprint density at radius 1 is 1.05 bits per heavy atom. The van der Waals surface area contributed by atoms with E-state index in [0.29, 0.717) is 0 Å². The molecule has 108 valence electrons. The third kappa shape index (κ3) is 3.89. The molecule has 2 rings (SSSR count). The number of hydrogen-bond acceptors (Lipinski definition) is 1. The fourth-order valence-electron chi connectivity index (χ4n) is 2.28. The van der Waals surface area contributed by atoms with E-state index in [-0.39, 0.29) is 5.41 Å². The van der Waals surface area contributed by atoms with Crippen molar-refractivity contribution in [2.24, 2.45) is 0 Å². The van der Waals surface area contributed by atoms with Gasteiger partial charge in [-0.05, 0) is 41.2 Å². The second kappa shape index (κ2) is 6.17. The summed E-state index contributed by atoms with van der Waals surface area (Å²) in [7, 11) is 0. The van der Waals surface area contributed by atoms with Crippen molar-refractivity contribution in [3.63, 3.8) is 0 Å². The summed E-state index contributed by atoms with van der Waals surface area (Å²) in [6, 6.07) is 11.0. The normalized spacial score (nSPS) is 11.6. The van der Waals surface area contributed by atoms with Gasteiger partial charge in [0.2, 0.25) is 0 Å². The van der Waals surface area contributed by atoms with E-state index in [9.17, 15) is 0 Å². The van der Waals surface area contributed by atoms with E-state index in [0.717, 1.165) is 13.1 Å². The number of hydrogen-bond donors (Lipinski definition) is 1. The molecule has 1 N–H and O–H groups in total. The quantitative estimate of drug-likeness (QED) is 0.825. The van der Waals surface area contributed by atoms with Crippen LogP contribution in [-0.2, 0) is 18.5 Å². The Kier molecular flexibility index (Phi) is 4.53. The highest BCUT2D eigenvalue weighted by Crippen LogP contribution is 2.23. The number of nitrogens with one attached hydrogen (secondary N) is 1. The summed E-state index contributed by atoms with van der Waals surface area (Å²) >= 11 is 0. The zero-order chi connectivity index (χ0) is 14.6. The molecule has 1 heterocycles. The van der Waals surface area contributed by atoms with Crippen molar-refractivity contribution in [2.75, 3.05) is 5.32 Å². The molecule has 0 aliphatic heterocycles. The van der Waals surface area contributed by atoms with Gasteiger partial charge >= 0.3 is 0 Å². The lowest BCUT2D eigenvalue weighted by molar-refractivity contribution is 0.590. The molecule has 2 aromatic rings. The smallest absolute Gasteiger partial charge is 0.0415 e. The van der Waals surface area contributed by atoms with Crippen molar-refractivity contribution >= 4 is 5.69 Å². The Bertz CT molecular complexity index is 529. The fourth-order valence-corrected chi connectivity index (χ4v) is 2.28. The van der Waals surface area contributed by atoms with Gasteiger partial charge in [0.25, 0.3) is 0 Å². The topological polar surface area (TPSA) is 17.0 Å². The van der Waals surface area contributed by atoms with Crippen LogP contribution in [0, 0.1) is 0 Å². The van der Waals surface area contributed by atoms with Crippen LogP contribution >= 0.6 is 0 Å². The van der Waals surface area contributed by atoms with Crippen LogP contribution in [0.1, 0.15) is 45.2 Å². The Hall–Kier alpha value is -1.70. The largest absolute Gasteiger partial charge is 0.381 e. The molecule has 0 amide bonds. The minimum Gasteiger partial charge on any atom is -0.381 e. The molecule has 0 bridgehead atoms. The van der Waals surface area contributed by atoms with Crippen LogP contribution < -0.4 is 5.32 Å². The maximum Gasteiger partial charge on any atom is 0.0415 e. The summed E-state index contributed by atoms with van der Waals surface area (Å²) in [5.41, 5.74) is 4.10. The molecular weight excluding hydrogens is 244 g/mol. The Labute approximate surface area is 122 Å². The van der Waals surface area contributed by atoms with E-state index >= 15 is 0 Å². The number of anilines is 1. The first-order valence-electron chi connectivity index (χ1n) is 7.48. The predicted octanol–water partition coefficient (Wildman–Crippen LogP) is 4.81. The number of aryl methyl sites for hydroxylation is 1. The summed E-state index contributed by atoms with van der Waals surface area (Å²) in [6.45, 7) is 10.9. The number of nitrogens with zero attached hydrogens (tertiary/aromatic N) is 1. The minimum absolute atomic E-state index is 0.218. The third-order valence-electron chi connectivity index (χ3n) is 3.54. The molecule has 0 atom stereocenters. The second-order valence-electron chi connectivity index (χ2n) is 6.44. The molecule has 1 aromatic carbocycles. The third-order valence-corrected chi connectivity index (χ3v) is 3.54. The zero-order valence-electron chi connectivity index (χ0n) is 13.1. The maximum atomic E-state index is 3.48. The SMILES string of the molecule is CCCn1ccc(CNc2ccc(C(C)(C)C)cc2)c1. The van der Waals surface area contributed by atoms with Crippen LogP contribution in [0.4, 0.5) is 5.69 Å². The number of benzene rings is 1. The standard InChI is InChI=1S/C18H26N2/c1-5-11-20-12-10-15(14-20)13-19-17-8-6-16(7-9-17)18(2,3)4/h6-10,12,14,19H,5,11,13H2,1-4H3. The van der Waals surface area contributed by atoms with Crippen LogP contribution in [0.2, 0.25) is 0 Å². The van der Waals surface area contributed by atoms with Crippen molar-refractivity contribution in [1.82, 2.24) is 4.57 Å². The van der Waals surface area contributed by atoms with E-state index < -0.39 is 0 Å². The summed E-state index contributed by atoms with van der Waals surface area (Å²) < 4.78 is 2.25. The van der Waals surface area contributed by atoms with Gasteiger partial charge in [-0.1, -0.05) is 39.8 Å². The summed E-state index contributed by atoms with van der Waals surface area (Å²) in [5, 5.41) is 3.48. The van der Waals surface area contributed by atoms with E-state index in [1.54, 1.807) is 0 Å². The van der Waals surface area contributed by atoms with Gasteiger partial charge in [-0.15, -0.1) is 0 Å². The van der Waals surface area contributed by atoms with Gasteiger partial charge in [0, 0.05) is 31.2 Å². The Morgan fingerprint density at radius 3 is 2.35 bits per heavy atom. The van der Waals surface area contributed by atoms with E-state index in [2.05, 4.69) is 80.3 Å². The molecule has 20 heavy (non-hydrogen) atoms. The van der Waals surface area contributed by atoms with Gasteiger partial charge in [-0.2, -0.15) is 0 Å². The fraction of sp³-hybridized carbons (Fsp3) is 0.444. The second-order valence-corrected chi connectivity index (χ2v) is 6.44. The molecule has 0 saturated carbocycles. The number of rotatable bonds is 5. The molecule has 0 aliphatic rings. The lowest BCUT2D eigenvalue weighted by Crippen LogP contribution is -2.10. The van der Waals surface area contributed by atoms with Gasteiger partial charge in [0.15, 0.2) is 0 Å². The van der Waals surface area contributed by atoms with Crippen LogP contribution in [-0.4, -0.2) is 4.57 Å². The van der Waals surface area contributed by atoms with Gasteiger partial charge in [-0.3, -0.25) is 0 Å². The highest BCUT2D eigenvalue weighted by atomic mass is 14.9. The summed E-state index contributed by atoms with van der Waals surface area (Å²) in [4.78, 5) is 0. The molecule has 1 aromatic heterocycles. The van der Waals surface area contributed by atoms with E-state index in [1.165, 1.54) is 23.2 Å². The first-order valence-corrected chi connectivity index (χ1v) is 7.48. The average Bonchev–Trinajstić information content (AvgIpc) is 2.84. The molecular formula is C18H26N2. The predicted molar refractivity (Wildman–Crippen MR) is 87.2 cm³/mol. The first kappa shape index (κ1) is 14.7. The summed E-state index contributed by atoms with van der Waals surface area (Å²) in [6.07, 6.45) is 5.55. The van der Waals surface area contributed by atoms with E-state index in [4.69, 9.17) is 0 Å².